The summed E-state index contributed by atoms with van der Waals surface area (Å²) in [5, 5.41) is 8.56. The molecule has 174 valence electrons. The second-order valence-corrected chi connectivity index (χ2v) is 6.54. The molecule has 0 aliphatic rings. The summed E-state index contributed by atoms with van der Waals surface area (Å²) in [5.74, 6) is -6.18. The highest BCUT2D eigenvalue weighted by molar-refractivity contribution is 5.85. The molecule has 0 aliphatic carbocycles. The molecule has 0 aromatic heterocycles. The first kappa shape index (κ1) is 25.0. The lowest BCUT2D eigenvalue weighted by molar-refractivity contribution is -0.284. The lowest BCUT2D eigenvalue weighted by atomic mass is 10.1. The van der Waals surface area contributed by atoms with Gasteiger partial charge in [0.2, 0.25) is 0 Å². The van der Waals surface area contributed by atoms with Crippen molar-refractivity contribution in [3.05, 3.63) is 65.7 Å². The molecule has 0 fully saturated rings. The third kappa shape index (κ3) is 7.17. The summed E-state index contributed by atoms with van der Waals surface area (Å²) in [6, 6.07) is 9.34. The molecule has 0 bridgehead atoms. The minimum Gasteiger partial charge on any atom is -0.494 e. The van der Waals surface area contributed by atoms with Crippen molar-refractivity contribution in [2.24, 2.45) is 0 Å². The first-order chi connectivity index (χ1) is 14.8. The van der Waals surface area contributed by atoms with Gasteiger partial charge in [0.25, 0.3) is 0 Å². The number of carboxylic acid groups (broad SMARTS) is 1. The van der Waals surface area contributed by atoms with Gasteiger partial charge in [0.1, 0.15) is 11.5 Å². The van der Waals surface area contributed by atoms with Crippen LogP contribution in [-0.4, -0.2) is 29.8 Å². The van der Waals surface area contributed by atoms with Gasteiger partial charge in [0, 0.05) is 12.5 Å². The van der Waals surface area contributed by atoms with Crippen LogP contribution in [0.25, 0.3) is 6.08 Å². The summed E-state index contributed by atoms with van der Waals surface area (Å²) < 4.78 is 100. The number of carbonyl (C=O) groups is 1. The van der Waals surface area contributed by atoms with Crippen molar-refractivity contribution in [1.82, 2.24) is 0 Å². The van der Waals surface area contributed by atoms with Crippen molar-refractivity contribution in [3.63, 3.8) is 0 Å². The SMILES string of the molecule is O=C(O)/C=C/c1ccc(C(F)(F)Oc2ccc(OCCCC(F)(F)C(F)(F)F)cc2)cc1. The van der Waals surface area contributed by atoms with Crippen LogP contribution in [-0.2, 0) is 10.9 Å². The predicted molar refractivity (Wildman–Crippen MR) is 99.8 cm³/mol. The van der Waals surface area contributed by atoms with Gasteiger partial charge in [-0.2, -0.15) is 30.7 Å². The molecule has 0 unspecified atom stereocenters. The average molecular weight is 466 g/mol. The third-order valence-electron chi connectivity index (χ3n) is 4.05. The quantitative estimate of drug-likeness (QED) is 0.255. The van der Waals surface area contributed by atoms with E-state index >= 15 is 0 Å². The Balaban J connectivity index is 1.90. The van der Waals surface area contributed by atoms with E-state index in [1.807, 2.05) is 0 Å². The van der Waals surface area contributed by atoms with Crippen LogP contribution >= 0.6 is 0 Å². The number of halogens is 7. The van der Waals surface area contributed by atoms with E-state index in [9.17, 15) is 35.5 Å². The summed E-state index contributed by atoms with van der Waals surface area (Å²) in [5.41, 5.74) is -0.0997. The van der Waals surface area contributed by atoms with E-state index in [4.69, 9.17) is 9.84 Å². The first-order valence-electron chi connectivity index (χ1n) is 9.06. The Morgan fingerprint density at radius 2 is 1.44 bits per heavy atom. The average Bonchev–Trinajstić information content (AvgIpc) is 2.70. The summed E-state index contributed by atoms with van der Waals surface area (Å²) in [6.45, 7) is -0.426. The fraction of sp³-hybridized carbons (Fsp3) is 0.286. The van der Waals surface area contributed by atoms with Gasteiger partial charge in [-0.05, 0) is 54.5 Å². The first-order valence-corrected chi connectivity index (χ1v) is 9.06. The van der Waals surface area contributed by atoms with Crippen molar-refractivity contribution in [3.8, 4) is 11.5 Å². The van der Waals surface area contributed by atoms with E-state index in [1.54, 1.807) is 0 Å². The lowest BCUT2D eigenvalue weighted by Crippen LogP contribution is -2.36. The minimum atomic E-state index is -5.63. The molecule has 1 N–H and O–H groups in total. The molecule has 11 heteroatoms. The highest BCUT2D eigenvalue weighted by Gasteiger charge is 2.56. The zero-order valence-electron chi connectivity index (χ0n) is 16.2. The van der Waals surface area contributed by atoms with Gasteiger partial charge < -0.3 is 14.6 Å². The smallest absolute Gasteiger partial charge is 0.453 e. The van der Waals surface area contributed by atoms with E-state index in [0.717, 1.165) is 30.3 Å². The van der Waals surface area contributed by atoms with Crippen LogP contribution < -0.4 is 9.47 Å². The number of alkyl halides is 7. The van der Waals surface area contributed by atoms with Crippen LogP contribution in [0.15, 0.2) is 54.6 Å². The monoisotopic (exact) mass is 466 g/mol. The van der Waals surface area contributed by atoms with E-state index in [0.29, 0.717) is 5.56 Å². The zero-order valence-corrected chi connectivity index (χ0v) is 16.2. The lowest BCUT2D eigenvalue weighted by Gasteiger charge is -2.19. The van der Waals surface area contributed by atoms with Crippen molar-refractivity contribution < 1.29 is 50.1 Å². The van der Waals surface area contributed by atoms with Crippen LogP contribution in [0.5, 0.6) is 11.5 Å². The normalized spacial score (nSPS) is 12.7. The van der Waals surface area contributed by atoms with Gasteiger partial charge in [-0.15, -0.1) is 0 Å². The fourth-order valence-corrected chi connectivity index (χ4v) is 2.39. The van der Waals surface area contributed by atoms with Crippen LogP contribution in [0.3, 0.4) is 0 Å². The maximum Gasteiger partial charge on any atom is 0.453 e. The van der Waals surface area contributed by atoms with Crippen molar-refractivity contribution in [1.29, 1.82) is 0 Å². The molecule has 4 nitrogen and oxygen atoms in total. The van der Waals surface area contributed by atoms with Crippen LogP contribution in [0, 0.1) is 0 Å². The number of hydrogen-bond acceptors (Lipinski definition) is 3. The van der Waals surface area contributed by atoms with E-state index in [-0.39, 0.29) is 11.5 Å². The van der Waals surface area contributed by atoms with Gasteiger partial charge in [-0.1, -0.05) is 12.1 Å². The fourth-order valence-electron chi connectivity index (χ4n) is 2.39. The maximum atomic E-state index is 14.3. The van der Waals surface area contributed by atoms with Gasteiger partial charge in [-0.25, -0.2) is 4.79 Å². The molecular weight excluding hydrogens is 449 g/mol. The Labute approximate surface area is 177 Å². The highest BCUT2D eigenvalue weighted by atomic mass is 19.4. The molecule has 0 spiro atoms. The largest absolute Gasteiger partial charge is 0.494 e. The molecule has 0 saturated carbocycles. The third-order valence-corrected chi connectivity index (χ3v) is 4.05. The Morgan fingerprint density at radius 3 is 1.97 bits per heavy atom. The van der Waals surface area contributed by atoms with Crippen LogP contribution in [0.1, 0.15) is 24.0 Å². The molecule has 2 aromatic rings. The van der Waals surface area contributed by atoms with Crippen molar-refractivity contribution >= 4 is 12.0 Å². The summed E-state index contributed by atoms with van der Waals surface area (Å²) in [4.78, 5) is 10.5. The van der Waals surface area contributed by atoms with Crippen molar-refractivity contribution in [2.45, 2.75) is 31.0 Å². The van der Waals surface area contributed by atoms with Gasteiger partial charge in [0.15, 0.2) is 0 Å². The summed E-state index contributed by atoms with van der Waals surface area (Å²) >= 11 is 0. The van der Waals surface area contributed by atoms with E-state index in [2.05, 4.69) is 4.74 Å². The van der Waals surface area contributed by atoms with Gasteiger partial charge >= 0.3 is 24.2 Å². The van der Waals surface area contributed by atoms with Crippen LogP contribution in [0.2, 0.25) is 0 Å². The van der Waals surface area contributed by atoms with Crippen LogP contribution in [0.4, 0.5) is 30.7 Å². The van der Waals surface area contributed by atoms with E-state index in [1.165, 1.54) is 30.3 Å². The molecule has 32 heavy (non-hydrogen) atoms. The Morgan fingerprint density at radius 1 is 0.875 bits per heavy atom. The second-order valence-electron chi connectivity index (χ2n) is 6.54. The number of rotatable bonds is 10. The molecular formula is C21H17F7O4. The number of hydrogen-bond donors (Lipinski definition) is 1. The maximum absolute atomic E-state index is 14.3. The molecule has 2 rings (SSSR count). The van der Waals surface area contributed by atoms with Gasteiger partial charge in [0.05, 0.1) is 12.2 Å². The predicted octanol–water partition coefficient (Wildman–Crippen LogP) is 6.27. The molecule has 0 atom stereocenters. The molecule has 0 aliphatic heterocycles. The second kappa shape index (κ2) is 9.92. The highest BCUT2D eigenvalue weighted by Crippen LogP contribution is 2.39. The van der Waals surface area contributed by atoms with E-state index < -0.39 is 49.2 Å². The number of carboxylic acids is 1. The molecule has 0 radical (unpaired) electrons. The number of benzene rings is 2. The van der Waals surface area contributed by atoms with Crippen molar-refractivity contribution in [2.75, 3.05) is 6.61 Å². The Bertz CT molecular complexity index is 921. The molecule has 0 amide bonds. The number of aliphatic carboxylic acids is 1. The Hall–Kier alpha value is -3.24. The summed E-state index contributed by atoms with van der Waals surface area (Å²) in [7, 11) is 0. The summed E-state index contributed by atoms with van der Waals surface area (Å²) in [6.07, 6.45) is -9.27. The molecule has 0 saturated heterocycles. The topological polar surface area (TPSA) is 55.8 Å². The molecule has 0 heterocycles. The number of ether oxygens (including phenoxy) is 2. The standard InChI is InChI=1S/C21H17F7O4/c22-19(23,21(26,27)28)12-1-13-31-16-7-9-17(10-8-16)32-20(24,25)15-5-2-14(3-6-15)4-11-18(29)30/h2-11H,1,12-13H2,(H,29,30)/b11-4+. The Kier molecular flexibility index (Phi) is 7.76. The van der Waals surface area contributed by atoms with Gasteiger partial charge in [-0.3, -0.25) is 0 Å². The zero-order chi connectivity index (χ0) is 24.0. The molecule has 2 aromatic carbocycles. The minimum absolute atomic E-state index is 0.0746.